The Hall–Kier alpha value is -0.220. The number of carbonyl (C=O) groups excluding carboxylic acids is 1. The van der Waals surface area contributed by atoms with Crippen molar-refractivity contribution in [3.8, 4) is 0 Å². The van der Waals surface area contributed by atoms with Crippen LogP contribution < -0.4 is 5.32 Å². The van der Waals surface area contributed by atoms with Gasteiger partial charge in [-0.3, -0.25) is 9.69 Å². The predicted octanol–water partition coefficient (Wildman–Crippen LogP) is 1.15. The third-order valence-corrected chi connectivity index (χ3v) is 2.45. The van der Waals surface area contributed by atoms with Crippen LogP contribution in [0, 0.1) is 0 Å². The second kappa shape index (κ2) is 7.12. The van der Waals surface area contributed by atoms with E-state index in [1.807, 2.05) is 0 Å². The molecule has 0 aromatic rings. The van der Waals surface area contributed by atoms with Gasteiger partial charge in [0, 0.05) is 25.2 Å². The molecule has 0 aliphatic heterocycles. The lowest BCUT2D eigenvalue weighted by Gasteiger charge is -2.30. The Morgan fingerprint density at radius 1 is 1.29 bits per heavy atom. The van der Waals surface area contributed by atoms with Crippen molar-refractivity contribution in [2.75, 3.05) is 18.8 Å². The SMILES string of the molecule is CC(C)N(CCNC(=O)CS)C(C)C. The maximum Gasteiger partial charge on any atom is 0.229 e. The molecule has 0 aliphatic rings. The van der Waals surface area contributed by atoms with Gasteiger partial charge in [0.2, 0.25) is 5.91 Å². The van der Waals surface area contributed by atoms with E-state index in [0.717, 1.165) is 6.54 Å². The third kappa shape index (κ3) is 5.50. The lowest BCUT2D eigenvalue weighted by atomic mass is 10.2. The molecule has 14 heavy (non-hydrogen) atoms. The average molecular weight is 218 g/mol. The maximum absolute atomic E-state index is 10.9. The first kappa shape index (κ1) is 13.8. The van der Waals surface area contributed by atoms with E-state index < -0.39 is 0 Å². The Kier molecular flexibility index (Phi) is 7.01. The molecule has 0 radical (unpaired) electrons. The third-order valence-electron chi connectivity index (χ3n) is 2.16. The Morgan fingerprint density at radius 3 is 2.14 bits per heavy atom. The van der Waals surface area contributed by atoms with Gasteiger partial charge in [0.25, 0.3) is 0 Å². The van der Waals surface area contributed by atoms with Crippen molar-refractivity contribution in [1.29, 1.82) is 0 Å². The van der Waals surface area contributed by atoms with Crippen LogP contribution >= 0.6 is 12.6 Å². The molecule has 1 N–H and O–H groups in total. The van der Waals surface area contributed by atoms with E-state index in [4.69, 9.17) is 0 Å². The van der Waals surface area contributed by atoms with Gasteiger partial charge in [-0.15, -0.1) is 0 Å². The molecule has 0 bridgehead atoms. The average Bonchev–Trinajstić information content (AvgIpc) is 2.10. The lowest BCUT2D eigenvalue weighted by molar-refractivity contribution is -0.118. The van der Waals surface area contributed by atoms with E-state index in [2.05, 4.69) is 50.5 Å². The molecule has 4 heteroatoms. The highest BCUT2D eigenvalue weighted by molar-refractivity contribution is 7.81. The number of nitrogens with one attached hydrogen (secondary N) is 1. The molecule has 0 spiro atoms. The fraction of sp³-hybridized carbons (Fsp3) is 0.900. The zero-order valence-corrected chi connectivity index (χ0v) is 10.5. The van der Waals surface area contributed by atoms with E-state index >= 15 is 0 Å². The fourth-order valence-electron chi connectivity index (χ4n) is 1.49. The highest BCUT2D eigenvalue weighted by Gasteiger charge is 2.12. The minimum Gasteiger partial charge on any atom is -0.354 e. The maximum atomic E-state index is 10.9. The molecule has 0 aromatic carbocycles. The summed E-state index contributed by atoms with van der Waals surface area (Å²) in [5.74, 6) is 0.268. The molecule has 1 amide bonds. The summed E-state index contributed by atoms with van der Waals surface area (Å²) in [4.78, 5) is 13.3. The van der Waals surface area contributed by atoms with Crippen molar-refractivity contribution in [3.05, 3.63) is 0 Å². The standard InChI is InChI=1S/C10H22N2OS/c1-8(2)12(9(3)4)6-5-11-10(13)7-14/h8-9,14H,5-7H2,1-4H3,(H,11,13). The topological polar surface area (TPSA) is 32.3 Å². The Balaban J connectivity index is 3.78. The number of hydrogen-bond donors (Lipinski definition) is 2. The highest BCUT2D eigenvalue weighted by atomic mass is 32.1. The van der Waals surface area contributed by atoms with Gasteiger partial charge in [0.15, 0.2) is 0 Å². The van der Waals surface area contributed by atoms with Crippen LogP contribution in [0.3, 0.4) is 0 Å². The van der Waals surface area contributed by atoms with Crippen LogP contribution in [0.2, 0.25) is 0 Å². The number of thiol groups is 1. The number of rotatable bonds is 6. The fourth-order valence-corrected chi connectivity index (χ4v) is 1.60. The number of nitrogens with zero attached hydrogens (tertiary/aromatic N) is 1. The van der Waals surface area contributed by atoms with E-state index in [1.54, 1.807) is 0 Å². The van der Waals surface area contributed by atoms with Gasteiger partial charge in [0.05, 0.1) is 5.75 Å². The first-order chi connectivity index (χ1) is 6.49. The van der Waals surface area contributed by atoms with Gasteiger partial charge < -0.3 is 5.32 Å². The van der Waals surface area contributed by atoms with Gasteiger partial charge in [-0.05, 0) is 27.7 Å². The quantitative estimate of drug-likeness (QED) is 0.656. The minimum absolute atomic E-state index is 0.000737. The molecule has 0 saturated carbocycles. The van der Waals surface area contributed by atoms with Crippen molar-refractivity contribution in [3.63, 3.8) is 0 Å². The first-order valence-corrected chi connectivity index (χ1v) is 5.75. The Morgan fingerprint density at radius 2 is 1.79 bits per heavy atom. The summed E-state index contributed by atoms with van der Waals surface area (Å²) in [6.45, 7) is 10.3. The molecule has 0 rings (SSSR count). The second-order valence-corrected chi connectivity index (χ2v) is 4.25. The van der Waals surface area contributed by atoms with Crippen LogP contribution in [0.1, 0.15) is 27.7 Å². The summed E-state index contributed by atoms with van der Waals surface area (Å²) >= 11 is 3.90. The van der Waals surface area contributed by atoms with Crippen LogP contribution in [-0.4, -0.2) is 41.7 Å². The van der Waals surface area contributed by atoms with E-state index in [-0.39, 0.29) is 11.7 Å². The molecule has 3 nitrogen and oxygen atoms in total. The number of carbonyl (C=O) groups is 1. The summed E-state index contributed by atoms with van der Waals surface area (Å²) in [5, 5.41) is 2.82. The zero-order chi connectivity index (χ0) is 11.1. The molecule has 84 valence electrons. The largest absolute Gasteiger partial charge is 0.354 e. The van der Waals surface area contributed by atoms with Gasteiger partial charge in [-0.2, -0.15) is 12.6 Å². The molecule has 0 fully saturated rings. The molecule has 0 aliphatic carbocycles. The summed E-state index contributed by atoms with van der Waals surface area (Å²) < 4.78 is 0. The summed E-state index contributed by atoms with van der Waals surface area (Å²) in [5.41, 5.74) is 0. The molecular weight excluding hydrogens is 196 g/mol. The van der Waals surface area contributed by atoms with E-state index in [1.165, 1.54) is 0 Å². The van der Waals surface area contributed by atoms with Crippen molar-refractivity contribution < 1.29 is 4.79 Å². The van der Waals surface area contributed by atoms with Crippen LogP contribution in [-0.2, 0) is 4.79 Å². The lowest BCUT2D eigenvalue weighted by Crippen LogP contribution is -2.42. The van der Waals surface area contributed by atoms with Crippen molar-refractivity contribution in [2.24, 2.45) is 0 Å². The normalized spacial score (nSPS) is 11.4. The van der Waals surface area contributed by atoms with Crippen LogP contribution in [0.5, 0.6) is 0 Å². The van der Waals surface area contributed by atoms with Gasteiger partial charge in [-0.25, -0.2) is 0 Å². The molecule has 0 saturated heterocycles. The van der Waals surface area contributed by atoms with Crippen LogP contribution in [0.15, 0.2) is 0 Å². The molecule has 0 atom stereocenters. The summed E-state index contributed by atoms with van der Waals surface area (Å²) in [7, 11) is 0. The van der Waals surface area contributed by atoms with E-state index in [9.17, 15) is 4.79 Å². The Bertz CT molecular complexity index is 164. The summed E-state index contributed by atoms with van der Waals surface area (Å²) in [6.07, 6.45) is 0. The smallest absolute Gasteiger partial charge is 0.229 e. The second-order valence-electron chi connectivity index (χ2n) is 3.93. The molecule has 0 aromatic heterocycles. The van der Waals surface area contributed by atoms with E-state index in [0.29, 0.717) is 18.6 Å². The predicted molar refractivity (Wildman–Crippen MR) is 63.8 cm³/mol. The monoisotopic (exact) mass is 218 g/mol. The zero-order valence-electron chi connectivity index (χ0n) is 9.58. The minimum atomic E-state index is 0.000737. The van der Waals surface area contributed by atoms with Gasteiger partial charge in [-0.1, -0.05) is 0 Å². The van der Waals surface area contributed by atoms with Gasteiger partial charge >= 0.3 is 0 Å². The van der Waals surface area contributed by atoms with Crippen molar-refractivity contribution in [1.82, 2.24) is 10.2 Å². The highest BCUT2D eigenvalue weighted by Crippen LogP contribution is 2.02. The number of hydrogen-bond acceptors (Lipinski definition) is 3. The van der Waals surface area contributed by atoms with Crippen molar-refractivity contribution >= 4 is 18.5 Å². The number of amides is 1. The van der Waals surface area contributed by atoms with Crippen LogP contribution in [0.25, 0.3) is 0 Å². The van der Waals surface area contributed by atoms with Crippen LogP contribution in [0.4, 0.5) is 0 Å². The molecule has 0 unspecified atom stereocenters. The molecular formula is C10H22N2OS. The summed E-state index contributed by atoms with van der Waals surface area (Å²) in [6, 6.07) is 1.03. The van der Waals surface area contributed by atoms with Gasteiger partial charge in [0.1, 0.15) is 0 Å². The first-order valence-electron chi connectivity index (χ1n) is 5.12. The van der Waals surface area contributed by atoms with Crippen molar-refractivity contribution in [2.45, 2.75) is 39.8 Å². The Labute approximate surface area is 92.7 Å². The molecule has 0 heterocycles.